The molecule has 1 aromatic heterocycles. The molecule has 1 aliphatic heterocycles. The number of aromatic nitrogens is 2. The van der Waals surface area contributed by atoms with Crippen LogP contribution in [0.15, 0.2) is 12.4 Å². The van der Waals surface area contributed by atoms with Crippen molar-refractivity contribution in [2.45, 2.75) is 26.3 Å². The number of nitrogens with zero attached hydrogens (tertiary/aromatic N) is 4. The number of aryl methyl sites for hydroxylation is 1. The Hall–Kier alpha value is -1.20. The minimum Gasteiger partial charge on any atom is -0.354 e. The second kappa shape index (κ2) is 6.11. The van der Waals surface area contributed by atoms with Crippen molar-refractivity contribution in [3.05, 3.63) is 18.1 Å². The van der Waals surface area contributed by atoms with E-state index in [0.717, 1.165) is 50.7 Å². The van der Waals surface area contributed by atoms with Crippen LogP contribution in [-0.4, -0.2) is 53.6 Å². The minimum atomic E-state index is 0.527. The molecule has 2 rings (SSSR count). The standard InChI is InChI=1S/C13H23N5/c1-3-12(9-14)17-4-6-18(7-5-17)13-8-11(2)15-10-16-13/h8,10,12H,3-7,9,14H2,1-2H3. The van der Waals surface area contributed by atoms with Gasteiger partial charge in [0.15, 0.2) is 0 Å². The molecule has 0 amide bonds. The van der Waals surface area contributed by atoms with Crippen LogP contribution in [-0.2, 0) is 0 Å². The van der Waals surface area contributed by atoms with Crippen LogP contribution in [0.2, 0.25) is 0 Å². The van der Waals surface area contributed by atoms with Crippen molar-refractivity contribution in [1.29, 1.82) is 0 Å². The van der Waals surface area contributed by atoms with Crippen LogP contribution in [0.1, 0.15) is 19.0 Å². The molecule has 1 fully saturated rings. The summed E-state index contributed by atoms with van der Waals surface area (Å²) in [5.41, 5.74) is 6.83. The maximum Gasteiger partial charge on any atom is 0.132 e. The summed E-state index contributed by atoms with van der Waals surface area (Å²) in [6.07, 6.45) is 2.77. The molecule has 0 aromatic carbocycles. The van der Waals surface area contributed by atoms with Crippen molar-refractivity contribution in [3.8, 4) is 0 Å². The van der Waals surface area contributed by atoms with Gasteiger partial charge >= 0.3 is 0 Å². The van der Waals surface area contributed by atoms with Gasteiger partial charge in [-0.1, -0.05) is 6.92 Å². The summed E-state index contributed by atoms with van der Waals surface area (Å²) in [5, 5.41) is 0. The van der Waals surface area contributed by atoms with E-state index < -0.39 is 0 Å². The largest absolute Gasteiger partial charge is 0.354 e. The molecule has 2 heterocycles. The highest BCUT2D eigenvalue weighted by atomic mass is 15.3. The third kappa shape index (κ3) is 2.97. The zero-order valence-electron chi connectivity index (χ0n) is 11.3. The van der Waals surface area contributed by atoms with E-state index >= 15 is 0 Å². The smallest absolute Gasteiger partial charge is 0.132 e. The predicted molar refractivity (Wildman–Crippen MR) is 73.7 cm³/mol. The van der Waals surface area contributed by atoms with E-state index in [0.29, 0.717) is 6.04 Å². The molecule has 2 N–H and O–H groups in total. The first kappa shape index (κ1) is 13.2. The molecule has 18 heavy (non-hydrogen) atoms. The second-order valence-corrected chi connectivity index (χ2v) is 4.84. The van der Waals surface area contributed by atoms with Gasteiger partial charge in [0.2, 0.25) is 0 Å². The third-order valence-corrected chi connectivity index (χ3v) is 3.69. The average Bonchev–Trinajstić information content (AvgIpc) is 2.41. The fourth-order valence-corrected chi connectivity index (χ4v) is 2.50. The van der Waals surface area contributed by atoms with Gasteiger partial charge in [0, 0.05) is 50.5 Å². The Morgan fingerprint density at radius 2 is 2.00 bits per heavy atom. The van der Waals surface area contributed by atoms with E-state index in [1.54, 1.807) is 6.33 Å². The zero-order chi connectivity index (χ0) is 13.0. The lowest BCUT2D eigenvalue weighted by atomic mass is 10.1. The molecule has 1 unspecified atom stereocenters. The van der Waals surface area contributed by atoms with Crippen molar-refractivity contribution >= 4 is 5.82 Å². The van der Waals surface area contributed by atoms with Crippen molar-refractivity contribution < 1.29 is 0 Å². The van der Waals surface area contributed by atoms with Crippen molar-refractivity contribution in [2.24, 2.45) is 5.73 Å². The quantitative estimate of drug-likeness (QED) is 0.849. The van der Waals surface area contributed by atoms with Crippen LogP contribution in [0.25, 0.3) is 0 Å². The molecular weight excluding hydrogens is 226 g/mol. The first-order valence-corrected chi connectivity index (χ1v) is 6.72. The molecule has 0 saturated carbocycles. The summed E-state index contributed by atoms with van der Waals surface area (Å²) in [4.78, 5) is 13.3. The molecular formula is C13H23N5. The second-order valence-electron chi connectivity index (χ2n) is 4.84. The van der Waals surface area contributed by atoms with Gasteiger partial charge in [0.25, 0.3) is 0 Å². The summed E-state index contributed by atoms with van der Waals surface area (Å²) >= 11 is 0. The highest BCUT2D eigenvalue weighted by molar-refractivity contribution is 5.39. The Balaban J connectivity index is 1.94. The Morgan fingerprint density at radius 1 is 1.28 bits per heavy atom. The number of piperazine rings is 1. The number of anilines is 1. The SMILES string of the molecule is CCC(CN)N1CCN(c2cc(C)ncn2)CC1. The van der Waals surface area contributed by atoms with Crippen LogP contribution in [0.3, 0.4) is 0 Å². The van der Waals surface area contributed by atoms with Gasteiger partial charge in [-0.25, -0.2) is 9.97 Å². The topological polar surface area (TPSA) is 58.3 Å². The molecule has 0 spiro atoms. The molecule has 5 nitrogen and oxygen atoms in total. The summed E-state index contributed by atoms with van der Waals surface area (Å²) in [7, 11) is 0. The summed E-state index contributed by atoms with van der Waals surface area (Å²) in [6.45, 7) is 9.14. The lowest BCUT2D eigenvalue weighted by Crippen LogP contribution is -2.52. The van der Waals surface area contributed by atoms with E-state index in [2.05, 4.69) is 32.8 Å². The predicted octanol–water partition coefficient (Wildman–Crippen LogP) is 0.644. The summed E-state index contributed by atoms with van der Waals surface area (Å²) < 4.78 is 0. The van der Waals surface area contributed by atoms with E-state index in [4.69, 9.17) is 5.73 Å². The molecule has 0 radical (unpaired) electrons. The van der Waals surface area contributed by atoms with Gasteiger partial charge in [0.05, 0.1) is 0 Å². The fraction of sp³-hybridized carbons (Fsp3) is 0.692. The van der Waals surface area contributed by atoms with E-state index in [-0.39, 0.29) is 0 Å². The van der Waals surface area contributed by atoms with E-state index in [1.807, 2.05) is 6.92 Å². The first-order chi connectivity index (χ1) is 8.74. The molecule has 100 valence electrons. The Labute approximate surface area is 109 Å². The lowest BCUT2D eigenvalue weighted by Gasteiger charge is -2.39. The fourth-order valence-electron chi connectivity index (χ4n) is 2.50. The molecule has 1 aliphatic rings. The highest BCUT2D eigenvalue weighted by Gasteiger charge is 2.22. The maximum absolute atomic E-state index is 5.80. The van der Waals surface area contributed by atoms with Crippen LogP contribution < -0.4 is 10.6 Å². The van der Waals surface area contributed by atoms with Crippen molar-refractivity contribution in [1.82, 2.24) is 14.9 Å². The molecule has 5 heteroatoms. The van der Waals surface area contributed by atoms with Crippen LogP contribution in [0.5, 0.6) is 0 Å². The molecule has 1 aromatic rings. The van der Waals surface area contributed by atoms with Gasteiger partial charge in [-0.05, 0) is 13.3 Å². The molecule has 1 saturated heterocycles. The molecule has 1 atom stereocenters. The lowest BCUT2D eigenvalue weighted by molar-refractivity contribution is 0.184. The Morgan fingerprint density at radius 3 is 2.56 bits per heavy atom. The molecule has 0 aliphatic carbocycles. The van der Waals surface area contributed by atoms with E-state index in [1.165, 1.54) is 0 Å². The Kier molecular flexibility index (Phi) is 4.49. The van der Waals surface area contributed by atoms with Crippen LogP contribution >= 0.6 is 0 Å². The van der Waals surface area contributed by atoms with Gasteiger partial charge < -0.3 is 10.6 Å². The number of nitrogens with two attached hydrogens (primary N) is 1. The van der Waals surface area contributed by atoms with E-state index in [9.17, 15) is 0 Å². The number of rotatable bonds is 4. The zero-order valence-corrected chi connectivity index (χ0v) is 11.3. The molecule has 0 bridgehead atoms. The average molecular weight is 249 g/mol. The van der Waals surface area contributed by atoms with Crippen molar-refractivity contribution in [2.75, 3.05) is 37.6 Å². The normalized spacial score (nSPS) is 18.9. The number of hydrogen-bond acceptors (Lipinski definition) is 5. The van der Waals surface area contributed by atoms with Crippen LogP contribution in [0.4, 0.5) is 5.82 Å². The third-order valence-electron chi connectivity index (χ3n) is 3.69. The van der Waals surface area contributed by atoms with Gasteiger partial charge in [-0.15, -0.1) is 0 Å². The Bertz CT molecular complexity index is 369. The number of hydrogen-bond donors (Lipinski definition) is 1. The first-order valence-electron chi connectivity index (χ1n) is 6.72. The van der Waals surface area contributed by atoms with Gasteiger partial charge in [-0.3, -0.25) is 4.90 Å². The highest BCUT2D eigenvalue weighted by Crippen LogP contribution is 2.15. The summed E-state index contributed by atoms with van der Waals surface area (Å²) in [6, 6.07) is 2.58. The van der Waals surface area contributed by atoms with Gasteiger partial charge in [0.1, 0.15) is 12.1 Å². The summed E-state index contributed by atoms with van der Waals surface area (Å²) in [5.74, 6) is 1.04. The van der Waals surface area contributed by atoms with Crippen molar-refractivity contribution in [3.63, 3.8) is 0 Å². The maximum atomic E-state index is 5.80. The minimum absolute atomic E-state index is 0.527. The monoisotopic (exact) mass is 249 g/mol. The van der Waals surface area contributed by atoms with Crippen LogP contribution in [0, 0.1) is 6.92 Å². The van der Waals surface area contributed by atoms with Gasteiger partial charge in [-0.2, -0.15) is 0 Å².